The molecule has 5 heteroatoms. The summed E-state index contributed by atoms with van der Waals surface area (Å²) >= 11 is 0. The lowest BCUT2D eigenvalue weighted by Gasteiger charge is -2.36. The van der Waals surface area contributed by atoms with Gasteiger partial charge in [-0.2, -0.15) is 0 Å². The van der Waals surface area contributed by atoms with E-state index in [0.717, 1.165) is 57.8 Å². The molecule has 0 spiro atoms. The molecular weight excluding hydrogens is 290 g/mol. The van der Waals surface area contributed by atoms with E-state index in [1.54, 1.807) is 0 Å². The summed E-state index contributed by atoms with van der Waals surface area (Å²) in [7, 11) is 0. The van der Waals surface area contributed by atoms with Crippen LogP contribution in [0.1, 0.15) is 53.4 Å². The van der Waals surface area contributed by atoms with Gasteiger partial charge in [0.15, 0.2) is 0 Å². The van der Waals surface area contributed by atoms with Crippen LogP contribution in [0.2, 0.25) is 0 Å². The van der Waals surface area contributed by atoms with E-state index in [4.69, 9.17) is 0 Å². The van der Waals surface area contributed by atoms with E-state index in [1.165, 1.54) is 0 Å². The van der Waals surface area contributed by atoms with Crippen LogP contribution in [0.4, 0.5) is 0 Å². The molecule has 23 heavy (non-hydrogen) atoms. The minimum absolute atomic E-state index is 0.0979. The quantitative estimate of drug-likeness (QED) is 0.863. The van der Waals surface area contributed by atoms with Crippen LogP contribution < -0.4 is 5.32 Å². The Morgan fingerprint density at radius 3 is 2.35 bits per heavy atom. The van der Waals surface area contributed by atoms with Crippen LogP contribution >= 0.6 is 0 Å². The molecular formula is C18H33N3O2. The van der Waals surface area contributed by atoms with Crippen molar-refractivity contribution in [3.8, 4) is 0 Å². The summed E-state index contributed by atoms with van der Waals surface area (Å²) in [5.74, 6) is 1.09. The molecule has 2 rings (SSSR count). The maximum atomic E-state index is 12.5. The molecule has 0 aromatic carbocycles. The molecule has 2 saturated heterocycles. The zero-order valence-corrected chi connectivity index (χ0v) is 15.2. The molecule has 2 amide bonds. The van der Waals surface area contributed by atoms with Gasteiger partial charge in [-0.3, -0.25) is 14.5 Å². The molecule has 0 aliphatic carbocycles. The summed E-state index contributed by atoms with van der Waals surface area (Å²) in [6.45, 7) is 12.1. The third-order valence-corrected chi connectivity index (χ3v) is 5.02. The highest BCUT2D eigenvalue weighted by Gasteiger charge is 2.29. The van der Waals surface area contributed by atoms with Crippen molar-refractivity contribution in [2.24, 2.45) is 11.3 Å². The minimum atomic E-state index is -0.359. The second-order valence-electron chi connectivity index (χ2n) is 8.36. The first kappa shape index (κ1) is 18.2. The fourth-order valence-electron chi connectivity index (χ4n) is 3.27. The lowest BCUT2D eigenvalue weighted by atomic mass is 9.94. The fraction of sp³-hybridized carbons (Fsp3) is 0.889. The first-order chi connectivity index (χ1) is 10.8. The summed E-state index contributed by atoms with van der Waals surface area (Å²) in [4.78, 5) is 28.8. The topological polar surface area (TPSA) is 52.7 Å². The highest BCUT2D eigenvalue weighted by molar-refractivity contribution is 5.81. The second kappa shape index (κ2) is 7.65. The number of nitrogens with zero attached hydrogens (tertiary/aromatic N) is 2. The maximum absolute atomic E-state index is 12.5. The molecule has 2 fully saturated rings. The minimum Gasteiger partial charge on any atom is -0.352 e. The smallest absolute Gasteiger partial charge is 0.236 e. The van der Waals surface area contributed by atoms with Gasteiger partial charge in [0.05, 0.1) is 6.54 Å². The summed E-state index contributed by atoms with van der Waals surface area (Å²) < 4.78 is 0. The lowest BCUT2D eigenvalue weighted by Crippen LogP contribution is -2.52. The zero-order chi connectivity index (χ0) is 17.0. The highest BCUT2D eigenvalue weighted by atomic mass is 16.2. The molecule has 2 aliphatic heterocycles. The second-order valence-corrected chi connectivity index (χ2v) is 8.36. The van der Waals surface area contributed by atoms with Crippen molar-refractivity contribution in [2.75, 3.05) is 32.7 Å². The average Bonchev–Trinajstić information content (AvgIpc) is 2.47. The first-order valence-electron chi connectivity index (χ1n) is 9.07. The Labute approximate surface area is 140 Å². The molecule has 1 atom stereocenters. The Morgan fingerprint density at radius 1 is 1.09 bits per heavy atom. The Hall–Kier alpha value is -1.10. The predicted octanol–water partition coefficient (Wildman–Crippen LogP) is 1.87. The number of piperidine rings is 2. The van der Waals surface area contributed by atoms with Gasteiger partial charge in [0.1, 0.15) is 0 Å². The molecule has 1 N–H and O–H groups in total. The first-order valence-corrected chi connectivity index (χ1v) is 9.07. The molecule has 2 aliphatic rings. The SMILES string of the molecule is CC1CCN(C(=O)CN2CCCC(NC(=O)C(C)(C)C)C2)CC1. The Bertz CT molecular complexity index is 422. The van der Waals surface area contributed by atoms with Crippen LogP contribution in [0.15, 0.2) is 0 Å². The van der Waals surface area contributed by atoms with Crippen molar-refractivity contribution < 1.29 is 9.59 Å². The van der Waals surface area contributed by atoms with Gasteiger partial charge < -0.3 is 10.2 Å². The van der Waals surface area contributed by atoms with Gasteiger partial charge in [-0.25, -0.2) is 0 Å². The molecule has 0 aromatic rings. The van der Waals surface area contributed by atoms with Crippen LogP contribution in [-0.4, -0.2) is 60.4 Å². The van der Waals surface area contributed by atoms with Gasteiger partial charge >= 0.3 is 0 Å². The number of hydrogen-bond donors (Lipinski definition) is 1. The van der Waals surface area contributed by atoms with Crippen LogP contribution in [0, 0.1) is 11.3 Å². The van der Waals surface area contributed by atoms with Crippen molar-refractivity contribution in [1.82, 2.24) is 15.1 Å². The summed E-state index contributed by atoms with van der Waals surface area (Å²) in [5.41, 5.74) is -0.359. The normalized spacial score (nSPS) is 24.5. The largest absolute Gasteiger partial charge is 0.352 e. The highest BCUT2D eigenvalue weighted by Crippen LogP contribution is 2.18. The molecule has 0 saturated carbocycles. The number of nitrogens with one attached hydrogen (secondary N) is 1. The van der Waals surface area contributed by atoms with Crippen LogP contribution in [0.3, 0.4) is 0 Å². The Kier molecular flexibility index (Phi) is 6.06. The number of amides is 2. The van der Waals surface area contributed by atoms with Crippen LogP contribution in [-0.2, 0) is 9.59 Å². The van der Waals surface area contributed by atoms with Gasteiger partial charge in [0.2, 0.25) is 11.8 Å². The van der Waals surface area contributed by atoms with Crippen LogP contribution in [0.5, 0.6) is 0 Å². The van der Waals surface area contributed by atoms with E-state index in [0.29, 0.717) is 6.54 Å². The summed E-state index contributed by atoms with van der Waals surface area (Å²) in [5, 5.41) is 3.14. The lowest BCUT2D eigenvalue weighted by molar-refractivity contribution is -0.134. The Balaban J connectivity index is 1.79. The van der Waals surface area contributed by atoms with Gasteiger partial charge in [-0.15, -0.1) is 0 Å². The van der Waals surface area contributed by atoms with E-state index in [9.17, 15) is 9.59 Å². The van der Waals surface area contributed by atoms with Crippen LogP contribution in [0.25, 0.3) is 0 Å². The van der Waals surface area contributed by atoms with E-state index >= 15 is 0 Å². The molecule has 132 valence electrons. The molecule has 1 unspecified atom stereocenters. The number of carbonyl (C=O) groups excluding carboxylic acids is 2. The van der Waals surface area contributed by atoms with Gasteiger partial charge in [0, 0.05) is 31.1 Å². The zero-order valence-electron chi connectivity index (χ0n) is 15.2. The monoisotopic (exact) mass is 323 g/mol. The van der Waals surface area contributed by atoms with Gasteiger partial charge in [-0.05, 0) is 38.1 Å². The maximum Gasteiger partial charge on any atom is 0.236 e. The van der Waals surface area contributed by atoms with Gasteiger partial charge in [0.25, 0.3) is 0 Å². The molecule has 5 nitrogen and oxygen atoms in total. The number of hydrogen-bond acceptors (Lipinski definition) is 3. The van der Waals surface area contributed by atoms with Crippen molar-refractivity contribution >= 4 is 11.8 Å². The average molecular weight is 323 g/mol. The number of likely N-dealkylation sites (tertiary alicyclic amines) is 2. The molecule has 0 aromatic heterocycles. The van der Waals surface area contributed by atoms with Crippen molar-refractivity contribution in [3.63, 3.8) is 0 Å². The van der Waals surface area contributed by atoms with E-state index in [1.807, 2.05) is 25.7 Å². The van der Waals surface area contributed by atoms with E-state index in [2.05, 4.69) is 17.1 Å². The third-order valence-electron chi connectivity index (χ3n) is 5.02. The van der Waals surface area contributed by atoms with Crippen molar-refractivity contribution in [1.29, 1.82) is 0 Å². The van der Waals surface area contributed by atoms with Crippen molar-refractivity contribution in [2.45, 2.75) is 59.4 Å². The standard InChI is InChI=1S/C18H33N3O2/c1-14-7-10-21(11-8-14)16(22)13-20-9-5-6-15(12-20)19-17(23)18(2,3)4/h14-15H,5-13H2,1-4H3,(H,19,23). The predicted molar refractivity (Wildman–Crippen MR) is 92.0 cm³/mol. The third kappa shape index (κ3) is 5.48. The van der Waals surface area contributed by atoms with Gasteiger partial charge in [-0.1, -0.05) is 27.7 Å². The number of rotatable bonds is 3. The molecule has 0 radical (unpaired) electrons. The summed E-state index contributed by atoms with van der Waals surface area (Å²) in [6.07, 6.45) is 4.29. The molecule has 2 heterocycles. The van der Waals surface area contributed by atoms with E-state index < -0.39 is 0 Å². The van der Waals surface area contributed by atoms with Crippen molar-refractivity contribution in [3.05, 3.63) is 0 Å². The molecule has 0 bridgehead atoms. The number of carbonyl (C=O) groups is 2. The fourth-order valence-corrected chi connectivity index (χ4v) is 3.27. The summed E-state index contributed by atoms with van der Waals surface area (Å²) in [6, 6.07) is 0.171. The van der Waals surface area contributed by atoms with E-state index in [-0.39, 0.29) is 23.3 Å². The Morgan fingerprint density at radius 2 is 1.74 bits per heavy atom.